The summed E-state index contributed by atoms with van der Waals surface area (Å²) in [6.45, 7) is 6.90. The van der Waals surface area contributed by atoms with Crippen LogP contribution >= 0.6 is 0 Å². The van der Waals surface area contributed by atoms with Gasteiger partial charge in [0, 0.05) is 25.8 Å². The van der Waals surface area contributed by atoms with E-state index in [0.29, 0.717) is 0 Å². The molecule has 0 radical (unpaired) electrons. The van der Waals surface area contributed by atoms with E-state index in [1.807, 2.05) is 6.92 Å². The minimum Gasteiger partial charge on any atom is -0.381 e. The molecule has 5 heteroatoms. The normalized spacial score (nSPS) is 14.1. The Balaban J connectivity index is 3.08. The summed E-state index contributed by atoms with van der Waals surface area (Å²) in [6.07, 6.45) is 13.0. The summed E-state index contributed by atoms with van der Waals surface area (Å²) in [5.74, 6) is 0. The van der Waals surface area contributed by atoms with Gasteiger partial charge in [-0.3, -0.25) is 4.84 Å². The Morgan fingerprint density at radius 1 is 0.783 bits per heavy atom. The van der Waals surface area contributed by atoms with Crippen LogP contribution in [0.25, 0.3) is 0 Å². The zero-order chi connectivity index (χ0) is 17.2. The Bertz CT molecular complexity index is 230. The number of hydrogen-bond donors (Lipinski definition) is 3. The van der Waals surface area contributed by atoms with E-state index in [0.717, 1.165) is 39.0 Å². The molecule has 0 aliphatic rings. The van der Waals surface area contributed by atoms with Gasteiger partial charge in [-0.05, 0) is 25.7 Å². The van der Waals surface area contributed by atoms with E-state index in [2.05, 4.69) is 12.4 Å². The predicted molar refractivity (Wildman–Crippen MR) is 98.0 cm³/mol. The van der Waals surface area contributed by atoms with Crippen molar-refractivity contribution >= 4 is 0 Å². The van der Waals surface area contributed by atoms with Crippen molar-refractivity contribution in [3.8, 4) is 0 Å². The van der Waals surface area contributed by atoms with Gasteiger partial charge in [-0.15, -0.1) is 0 Å². The molecule has 0 aliphatic heterocycles. The van der Waals surface area contributed by atoms with E-state index < -0.39 is 6.23 Å². The second kappa shape index (κ2) is 18.1. The summed E-state index contributed by atoms with van der Waals surface area (Å²) >= 11 is 0. The average molecular weight is 332 g/mol. The van der Waals surface area contributed by atoms with Crippen molar-refractivity contribution < 1.29 is 9.57 Å². The third-order valence-corrected chi connectivity index (χ3v) is 4.07. The molecular weight excluding hydrogens is 290 g/mol. The summed E-state index contributed by atoms with van der Waals surface area (Å²) in [5, 5.41) is 0. The van der Waals surface area contributed by atoms with Crippen LogP contribution in [-0.4, -0.2) is 32.0 Å². The topological polar surface area (TPSA) is 82.5 Å². The van der Waals surface area contributed by atoms with Crippen molar-refractivity contribution in [3.63, 3.8) is 0 Å². The number of nitrogens with one attached hydrogen (secondary N) is 1. The molecule has 2 atom stereocenters. The molecule has 0 aromatic carbocycles. The van der Waals surface area contributed by atoms with Crippen LogP contribution in [0.3, 0.4) is 0 Å². The van der Waals surface area contributed by atoms with E-state index in [1.165, 1.54) is 51.4 Å². The van der Waals surface area contributed by atoms with E-state index in [9.17, 15) is 0 Å². The lowest BCUT2D eigenvalue weighted by molar-refractivity contribution is -0.0348. The molecule has 0 aliphatic carbocycles. The van der Waals surface area contributed by atoms with Crippen molar-refractivity contribution in [2.24, 2.45) is 11.5 Å². The van der Waals surface area contributed by atoms with Crippen LogP contribution in [-0.2, 0) is 9.57 Å². The first kappa shape index (κ1) is 22.8. The lowest BCUT2D eigenvalue weighted by Gasteiger charge is -2.18. The van der Waals surface area contributed by atoms with Gasteiger partial charge in [-0.2, -0.15) is 0 Å². The highest BCUT2D eigenvalue weighted by molar-refractivity contribution is 4.64. The van der Waals surface area contributed by atoms with Crippen molar-refractivity contribution in [3.05, 3.63) is 0 Å². The Morgan fingerprint density at radius 3 is 1.96 bits per heavy atom. The van der Waals surface area contributed by atoms with Crippen LogP contribution in [0.4, 0.5) is 0 Å². The second-order valence-corrected chi connectivity index (χ2v) is 6.34. The highest BCUT2D eigenvalue weighted by atomic mass is 16.7. The Labute approximate surface area is 143 Å². The quantitative estimate of drug-likeness (QED) is 0.203. The fourth-order valence-electron chi connectivity index (χ4n) is 2.32. The molecule has 0 heterocycles. The molecule has 5 N–H and O–H groups in total. The number of ether oxygens (including phenoxy) is 1. The fourth-order valence-corrected chi connectivity index (χ4v) is 2.32. The zero-order valence-electron chi connectivity index (χ0n) is 15.5. The zero-order valence-corrected chi connectivity index (χ0v) is 15.5. The lowest BCUT2D eigenvalue weighted by Crippen LogP contribution is -2.45. The molecule has 0 saturated carbocycles. The van der Waals surface area contributed by atoms with Crippen molar-refractivity contribution in [2.75, 3.05) is 19.8 Å². The van der Waals surface area contributed by atoms with E-state index >= 15 is 0 Å². The maximum Gasteiger partial charge on any atom is 0.142 e. The molecule has 0 bridgehead atoms. The maximum atomic E-state index is 5.77. The maximum absolute atomic E-state index is 5.77. The first-order valence-electron chi connectivity index (χ1n) is 9.69. The van der Waals surface area contributed by atoms with Crippen LogP contribution in [0.1, 0.15) is 84.5 Å². The second-order valence-electron chi connectivity index (χ2n) is 6.34. The number of hydroxylamine groups is 1. The molecule has 2 unspecified atom stereocenters. The smallest absolute Gasteiger partial charge is 0.142 e. The van der Waals surface area contributed by atoms with Gasteiger partial charge in [0.05, 0.1) is 0 Å². The lowest BCUT2D eigenvalue weighted by atomic mass is 10.1. The van der Waals surface area contributed by atoms with E-state index in [-0.39, 0.29) is 6.04 Å². The molecular formula is C18H41N3O2. The van der Waals surface area contributed by atoms with Gasteiger partial charge in [-0.25, -0.2) is 5.48 Å². The van der Waals surface area contributed by atoms with E-state index in [4.69, 9.17) is 21.0 Å². The van der Waals surface area contributed by atoms with Crippen molar-refractivity contribution in [2.45, 2.75) is 96.7 Å². The van der Waals surface area contributed by atoms with Gasteiger partial charge in [0.2, 0.25) is 0 Å². The number of nitrogens with two attached hydrogens (primary N) is 2. The molecule has 0 saturated heterocycles. The Kier molecular flexibility index (Phi) is 18.0. The monoisotopic (exact) mass is 331 g/mol. The number of unbranched alkanes of at least 4 members (excludes halogenated alkanes) is 8. The van der Waals surface area contributed by atoms with Crippen LogP contribution in [0.2, 0.25) is 0 Å². The first-order chi connectivity index (χ1) is 11.2. The van der Waals surface area contributed by atoms with Crippen LogP contribution in [0.15, 0.2) is 0 Å². The molecule has 0 spiro atoms. The third kappa shape index (κ3) is 16.4. The standard InChI is InChI=1S/C18H41N3O2/c1-3-5-6-7-9-12-15-22-16-13-10-8-11-14-21-23-18(20)17(19)4-2/h17-18,21H,3-16,19-20H2,1-2H3. The van der Waals surface area contributed by atoms with Crippen LogP contribution < -0.4 is 16.9 Å². The highest BCUT2D eigenvalue weighted by Crippen LogP contribution is 2.05. The largest absolute Gasteiger partial charge is 0.381 e. The fraction of sp³-hybridized carbons (Fsp3) is 1.00. The van der Waals surface area contributed by atoms with Crippen LogP contribution in [0, 0.1) is 0 Å². The molecule has 0 aromatic rings. The minimum absolute atomic E-state index is 0.105. The molecule has 0 amide bonds. The van der Waals surface area contributed by atoms with Crippen LogP contribution in [0.5, 0.6) is 0 Å². The van der Waals surface area contributed by atoms with Crippen molar-refractivity contribution in [1.82, 2.24) is 5.48 Å². The predicted octanol–water partition coefficient (Wildman–Crippen LogP) is 3.47. The highest BCUT2D eigenvalue weighted by Gasteiger charge is 2.10. The summed E-state index contributed by atoms with van der Waals surface area (Å²) in [5.41, 5.74) is 14.4. The van der Waals surface area contributed by atoms with Gasteiger partial charge in [0.1, 0.15) is 6.23 Å². The van der Waals surface area contributed by atoms with Crippen molar-refractivity contribution in [1.29, 1.82) is 0 Å². The molecule has 140 valence electrons. The van der Waals surface area contributed by atoms with Gasteiger partial charge < -0.3 is 16.2 Å². The third-order valence-electron chi connectivity index (χ3n) is 4.07. The van der Waals surface area contributed by atoms with E-state index in [1.54, 1.807) is 0 Å². The van der Waals surface area contributed by atoms with Gasteiger partial charge >= 0.3 is 0 Å². The Morgan fingerprint density at radius 2 is 1.35 bits per heavy atom. The SMILES string of the molecule is CCCCCCCCOCCCCCCNOC(N)C(N)CC. The minimum atomic E-state index is -0.421. The summed E-state index contributed by atoms with van der Waals surface area (Å²) in [7, 11) is 0. The molecule has 23 heavy (non-hydrogen) atoms. The number of hydrogen-bond acceptors (Lipinski definition) is 5. The molecule has 0 aromatic heterocycles. The van der Waals surface area contributed by atoms with Gasteiger partial charge in [0.15, 0.2) is 0 Å². The summed E-state index contributed by atoms with van der Waals surface area (Å²) in [6, 6.07) is -0.105. The number of rotatable bonds is 18. The summed E-state index contributed by atoms with van der Waals surface area (Å²) < 4.78 is 5.67. The first-order valence-corrected chi connectivity index (χ1v) is 9.69. The summed E-state index contributed by atoms with van der Waals surface area (Å²) in [4.78, 5) is 5.28. The molecule has 0 rings (SSSR count). The van der Waals surface area contributed by atoms with Gasteiger partial charge in [0.25, 0.3) is 0 Å². The molecule has 0 fully saturated rings. The Hall–Kier alpha value is -0.200. The average Bonchev–Trinajstić information content (AvgIpc) is 2.57. The van der Waals surface area contributed by atoms with Gasteiger partial charge in [-0.1, -0.05) is 58.8 Å². The molecule has 5 nitrogen and oxygen atoms in total.